The first-order valence-electron chi connectivity index (χ1n) is 11.4. The van der Waals surface area contributed by atoms with Crippen molar-refractivity contribution in [2.45, 2.75) is 24.0 Å². The number of likely N-dealkylation sites (tertiary alicyclic amines) is 2. The van der Waals surface area contributed by atoms with Gasteiger partial charge in [0.2, 0.25) is 5.91 Å². The van der Waals surface area contributed by atoms with E-state index in [-0.39, 0.29) is 35.8 Å². The van der Waals surface area contributed by atoms with Crippen molar-refractivity contribution in [3.8, 4) is 0 Å². The molecule has 0 saturated carbocycles. The Morgan fingerprint density at radius 2 is 1.75 bits per heavy atom. The number of nitrogens with zero attached hydrogens (tertiary/aromatic N) is 3. The molecule has 3 aliphatic rings. The number of hydrogen-bond acceptors (Lipinski definition) is 5. The lowest BCUT2D eigenvalue weighted by molar-refractivity contribution is -0.200. The Bertz CT molecular complexity index is 927. The number of halogens is 1. The van der Waals surface area contributed by atoms with E-state index in [1.165, 1.54) is 17.7 Å². The van der Waals surface area contributed by atoms with Crippen LogP contribution in [0, 0.1) is 5.82 Å². The van der Waals surface area contributed by atoms with Crippen molar-refractivity contribution in [2.24, 2.45) is 0 Å². The van der Waals surface area contributed by atoms with Crippen LogP contribution in [0.4, 0.5) is 4.39 Å². The highest BCUT2D eigenvalue weighted by Gasteiger charge is 2.66. The van der Waals surface area contributed by atoms with E-state index in [1.807, 2.05) is 23.1 Å². The van der Waals surface area contributed by atoms with E-state index < -0.39 is 0 Å². The zero-order valence-electron chi connectivity index (χ0n) is 18.2. The Hall–Kier alpha value is -2.32. The first-order valence-corrected chi connectivity index (χ1v) is 11.4. The second-order valence-corrected chi connectivity index (χ2v) is 9.13. The lowest BCUT2D eigenvalue weighted by Crippen LogP contribution is -2.84. The molecule has 1 N–H and O–H groups in total. The Morgan fingerprint density at radius 3 is 2.41 bits per heavy atom. The van der Waals surface area contributed by atoms with E-state index in [1.54, 1.807) is 12.1 Å². The molecule has 2 aromatic rings. The van der Waals surface area contributed by atoms with Crippen LogP contribution in [0.2, 0.25) is 0 Å². The van der Waals surface area contributed by atoms with Crippen LogP contribution < -0.4 is 0 Å². The molecule has 2 atom stereocenters. The summed E-state index contributed by atoms with van der Waals surface area (Å²) in [4.78, 5) is 19.4. The summed E-state index contributed by atoms with van der Waals surface area (Å²) in [5.74, 6) is 0.0524. The number of ether oxygens (including phenoxy) is 1. The van der Waals surface area contributed by atoms with Gasteiger partial charge in [-0.2, -0.15) is 0 Å². The first-order chi connectivity index (χ1) is 15.6. The molecule has 1 amide bonds. The second-order valence-electron chi connectivity index (χ2n) is 9.13. The van der Waals surface area contributed by atoms with Gasteiger partial charge in [0.25, 0.3) is 0 Å². The van der Waals surface area contributed by atoms with Crippen molar-refractivity contribution in [1.29, 1.82) is 0 Å². The van der Waals surface area contributed by atoms with Gasteiger partial charge in [-0.1, -0.05) is 42.5 Å². The van der Waals surface area contributed by atoms with Crippen LogP contribution in [-0.2, 0) is 16.1 Å². The molecule has 170 valence electrons. The third-order valence-corrected chi connectivity index (χ3v) is 7.29. The summed E-state index contributed by atoms with van der Waals surface area (Å²) in [5.41, 5.74) is 2.00. The first kappa shape index (κ1) is 21.5. The van der Waals surface area contributed by atoms with Crippen LogP contribution in [0.25, 0.3) is 0 Å². The number of aliphatic hydroxyl groups excluding tert-OH is 1. The molecule has 3 fully saturated rings. The smallest absolute Gasteiger partial charge is 0.236 e. The van der Waals surface area contributed by atoms with E-state index in [0.29, 0.717) is 39.4 Å². The lowest BCUT2D eigenvalue weighted by Gasteiger charge is -2.71. The Morgan fingerprint density at radius 1 is 1.06 bits per heavy atom. The highest BCUT2D eigenvalue weighted by Crippen LogP contribution is 2.54. The predicted molar refractivity (Wildman–Crippen MR) is 119 cm³/mol. The van der Waals surface area contributed by atoms with Gasteiger partial charge >= 0.3 is 0 Å². The Labute approximate surface area is 188 Å². The molecule has 0 unspecified atom stereocenters. The lowest BCUT2D eigenvalue weighted by atomic mass is 9.60. The number of carbonyl (C=O) groups excluding carboxylic acids is 1. The summed E-state index contributed by atoms with van der Waals surface area (Å²) < 4.78 is 18.8. The maximum atomic E-state index is 13.4. The zero-order chi connectivity index (χ0) is 22.1. The van der Waals surface area contributed by atoms with Crippen LogP contribution in [0.5, 0.6) is 0 Å². The molecular formula is C25H30FN3O3. The van der Waals surface area contributed by atoms with Crippen molar-refractivity contribution in [2.75, 3.05) is 52.5 Å². The fourth-order valence-corrected chi connectivity index (χ4v) is 5.64. The molecule has 5 rings (SSSR count). The van der Waals surface area contributed by atoms with Crippen LogP contribution in [0.1, 0.15) is 17.0 Å². The molecule has 0 radical (unpaired) electrons. The van der Waals surface area contributed by atoms with Crippen molar-refractivity contribution >= 4 is 5.91 Å². The minimum Gasteiger partial charge on any atom is -0.395 e. The molecular weight excluding hydrogens is 409 g/mol. The van der Waals surface area contributed by atoms with Crippen molar-refractivity contribution in [3.05, 3.63) is 71.5 Å². The molecule has 0 bridgehead atoms. The maximum Gasteiger partial charge on any atom is 0.236 e. The van der Waals surface area contributed by atoms with Gasteiger partial charge in [-0.05, 0) is 23.3 Å². The summed E-state index contributed by atoms with van der Waals surface area (Å²) in [6, 6.07) is 16.8. The largest absolute Gasteiger partial charge is 0.395 e. The van der Waals surface area contributed by atoms with Gasteiger partial charge in [0.05, 0.1) is 31.9 Å². The van der Waals surface area contributed by atoms with Crippen molar-refractivity contribution < 1.29 is 19.0 Å². The van der Waals surface area contributed by atoms with Crippen LogP contribution in [0.15, 0.2) is 54.6 Å². The third kappa shape index (κ3) is 3.83. The van der Waals surface area contributed by atoms with Crippen LogP contribution in [-0.4, -0.2) is 89.8 Å². The van der Waals surface area contributed by atoms with Crippen LogP contribution in [0.3, 0.4) is 0 Å². The molecule has 0 aliphatic carbocycles. The average molecular weight is 440 g/mol. The van der Waals surface area contributed by atoms with Gasteiger partial charge in [-0.15, -0.1) is 0 Å². The topological polar surface area (TPSA) is 56.3 Å². The molecule has 0 aromatic heterocycles. The molecule has 1 spiro atoms. The number of hydrogen-bond donors (Lipinski definition) is 1. The maximum absolute atomic E-state index is 13.4. The minimum absolute atomic E-state index is 0.0288. The number of rotatable bonds is 6. The number of amides is 1. The standard InChI is InChI=1S/C25H30FN3O3/c26-21-8-6-19(7-9-21)14-29-22(16-30)24(20-4-2-1-3-5-20)25(29)17-28(18-25)23(31)15-27-10-12-32-13-11-27/h1-9,22,24,30H,10-18H2/t22-,24+/m0/s1. The van der Waals surface area contributed by atoms with Gasteiger partial charge in [0.1, 0.15) is 5.82 Å². The van der Waals surface area contributed by atoms with Gasteiger partial charge in [0, 0.05) is 44.7 Å². The van der Waals surface area contributed by atoms with Gasteiger partial charge in [-0.25, -0.2) is 4.39 Å². The van der Waals surface area contributed by atoms with E-state index in [4.69, 9.17) is 4.74 Å². The quantitative estimate of drug-likeness (QED) is 0.743. The van der Waals surface area contributed by atoms with E-state index >= 15 is 0 Å². The Kier molecular flexibility index (Phi) is 5.99. The average Bonchev–Trinajstić information content (AvgIpc) is 2.78. The normalized spacial score (nSPS) is 25.4. The molecule has 32 heavy (non-hydrogen) atoms. The summed E-state index contributed by atoms with van der Waals surface area (Å²) >= 11 is 0. The van der Waals surface area contributed by atoms with Gasteiger partial charge in [-0.3, -0.25) is 14.6 Å². The number of carbonyl (C=O) groups is 1. The van der Waals surface area contributed by atoms with Crippen molar-refractivity contribution in [1.82, 2.24) is 14.7 Å². The highest BCUT2D eigenvalue weighted by molar-refractivity contribution is 5.80. The Balaban J connectivity index is 1.34. The van der Waals surface area contributed by atoms with Crippen molar-refractivity contribution in [3.63, 3.8) is 0 Å². The summed E-state index contributed by atoms with van der Waals surface area (Å²) in [5, 5.41) is 10.3. The molecule has 7 heteroatoms. The van der Waals surface area contributed by atoms with Gasteiger partial charge in [0.15, 0.2) is 0 Å². The van der Waals surface area contributed by atoms with E-state index in [2.05, 4.69) is 21.9 Å². The van der Waals surface area contributed by atoms with E-state index in [0.717, 1.165) is 18.7 Å². The predicted octanol–water partition coefficient (Wildman–Crippen LogP) is 1.70. The SMILES string of the molecule is O=C(CN1CCOCC1)N1CC2(C1)[C@H](c1ccccc1)[C@H](CO)N2Cc1ccc(F)cc1. The molecule has 3 heterocycles. The third-order valence-electron chi connectivity index (χ3n) is 7.29. The fourth-order valence-electron chi connectivity index (χ4n) is 5.64. The summed E-state index contributed by atoms with van der Waals surface area (Å²) in [7, 11) is 0. The summed E-state index contributed by atoms with van der Waals surface area (Å²) in [6.45, 7) is 5.33. The number of morpholine rings is 1. The van der Waals surface area contributed by atoms with Crippen LogP contribution >= 0.6 is 0 Å². The monoisotopic (exact) mass is 439 g/mol. The van der Waals surface area contributed by atoms with E-state index in [9.17, 15) is 14.3 Å². The minimum atomic E-state index is -0.253. The van der Waals surface area contributed by atoms with Gasteiger partial charge < -0.3 is 14.7 Å². The number of aliphatic hydroxyl groups is 1. The zero-order valence-corrected chi connectivity index (χ0v) is 18.2. The molecule has 3 saturated heterocycles. The molecule has 3 aliphatic heterocycles. The molecule has 6 nitrogen and oxygen atoms in total. The fraction of sp³-hybridized carbons (Fsp3) is 0.480. The molecule has 2 aromatic carbocycles. The highest BCUT2D eigenvalue weighted by atomic mass is 19.1. The summed E-state index contributed by atoms with van der Waals surface area (Å²) in [6.07, 6.45) is 0. The second kappa shape index (κ2) is 8.90. The number of benzene rings is 2.